The number of hydrogen-bond donors (Lipinski definition) is 0. The normalized spacial score (nSPS) is 37.7. The summed E-state index contributed by atoms with van der Waals surface area (Å²) in [5, 5.41) is 0. The molecule has 2 aliphatic carbocycles. The zero-order chi connectivity index (χ0) is 11.1. The first-order valence-electron chi connectivity index (χ1n) is 6.19. The number of carbonyl (C=O) groups excluding carboxylic acids is 1. The molecule has 15 heavy (non-hydrogen) atoms. The van der Waals surface area contributed by atoms with Crippen LogP contribution < -0.4 is 0 Å². The van der Waals surface area contributed by atoms with Crippen molar-refractivity contribution >= 4 is 5.78 Å². The van der Waals surface area contributed by atoms with Gasteiger partial charge in [-0.1, -0.05) is 19.9 Å². The maximum absolute atomic E-state index is 10.9. The number of carbonyl (C=O) groups is 1. The Bertz CT molecular complexity index is 288. The Hall–Kier alpha value is -0.590. The molecule has 1 nitrogen and oxygen atoms in total. The molecule has 2 bridgehead atoms. The van der Waals surface area contributed by atoms with Gasteiger partial charge in [0.25, 0.3) is 0 Å². The van der Waals surface area contributed by atoms with E-state index < -0.39 is 0 Å². The third kappa shape index (κ3) is 1.89. The van der Waals surface area contributed by atoms with Gasteiger partial charge in [-0.25, -0.2) is 0 Å². The van der Waals surface area contributed by atoms with Crippen LogP contribution in [-0.4, -0.2) is 5.78 Å². The Morgan fingerprint density at radius 1 is 1.40 bits per heavy atom. The number of hydrogen-bond acceptors (Lipinski definition) is 1. The Labute approximate surface area is 92.9 Å². The summed E-state index contributed by atoms with van der Waals surface area (Å²) >= 11 is 0. The molecule has 0 aromatic carbocycles. The van der Waals surface area contributed by atoms with E-state index in [2.05, 4.69) is 19.9 Å². The van der Waals surface area contributed by atoms with Crippen LogP contribution in [0, 0.1) is 23.2 Å². The summed E-state index contributed by atoms with van der Waals surface area (Å²) in [5.41, 5.74) is 0.504. The van der Waals surface area contributed by atoms with Gasteiger partial charge in [-0.15, -0.1) is 0 Å². The van der Waals surface area contributed by atoms with E-state index in [9.17, 15) is 4.79 Å². The van der Waals surface area contributed by atoms with Crippen molar-refractivity contribution in [1.29, 1.82) is 0 Å². The van der Waals surface area contributed by atoms with E-state index in [0.717, 1.165) is 24.2 Å². The molecule has 0 aromatic rings. The fourth-order valence-electron chi connectivity index (χ4n) is 3.84. The van der Waals surface area contributed by atoms with Crippen molar-refractivity contribution in [1.82, 2.24) is 0 Å². The maximum atomic E-state index is 10.9. The SMILES string of the molecule is CC(=O)C=CC[C@@H]1[C@@H]2CC[C@H](C2)C1(C)C. The minimum atomic E-state index is 0.177. The lowest BCUT2D eigenvalue weighted by Crippen LogP contribution is -2.30. The molecule has 0 saturated heterocycles. The fraction of sp³-hybridized carbons (Fsp3) is 0.786. The predicted octanol–water partition coefficient (Wildman–Crippen LogP) is 3.59. The van der Waals surface area contributed by atoms with Crippen LogP contribution in [0.4, 0.5) is 0 Å². The maximum Gasteiger partial charge on any atom is 0.152 e. The van der Waals surface area contributed by atoms with Crippen molar-refractivity contribution < 1.29 is 4.79 Å². The molecule has 0 unspecified atom stereocenters. The summed E-state index contributed by atoms with van der Waals surface area (Å²) in [6, 6.07) is 0. The first kappa shape index (κ1) is 10.9. The highest BCUT2D eigenvalue weighted by Crippen LogP contribution is 2.60. The number of ketones is 1. The standard InChI is InChI=1S/C14H22O/c1-10(15)5-4-6-13-11-7-8-12(9-11)14(13,2)3/h4-5,11-13H,6-9H2,1-3H3/t11-,12-,13-/m1/s1. The largest absolute Gasteiger partial charge is 0.295 e. The quantitative estimate of drug-likeness (QED) is 0.645. The number of fused-ring (bicyclic) bond motifs is 2. The Kier molecular flexibility index (Phi) is 2.74. The summed E-state index contributed by atoms with van der Waals surface area (Å²) in [5.74, 6) is 2.86. The molecule has 0 aliphatic heterocycles. The van der Waals surface area contributed by atoms with Crippen molar-refractivity contribution in [3.05, 3.63) is 12.2 Å². The van der Waals surface area contributed by atoms with Gasteiger partial charge in [-0.3, -0.25) is 4.79 Å². The Balaban J connectivity index is 2.00. The van der Waals surface area contributed by atoms with Gasteiger partial charge in [0, 0.05) is 0 Å². The predicted molar refractivity (Wildman–Crippen MR) is 62.5 cm³/mol. The summed E-state index contributed by atoms with van der Waals surface area (Å²) in [7, 11) is 0. The third-order valence-electron chi connectivity index (χ3n) is 4.79. The van der Waals surface area contributed by atoms with Crippen molar-refractivity contribution in [3.8, 4) is 0 Å². The molecule has 0 amide bonds. The average Bonchev–Trinajstić information content (AvgIpc) is 2.66. The molecular formula is C14H22O. The Morgan fingerprint density at radius 2 is 2.13 bits per heavy atom. The lowest BCUT2D eigenvalue weighted by molar-refractivity contribution is -0.112. The zero-order valence-corrected chi connectivity index (χ0v) is 10.1. The second-order valence-electron chi connectivity index (χ2n) is 5.95. The molecule has 0 N–H and O–H groups in total. The van der Waals surface area contributed by atoms with E-state index in [4.69, 9.17) is 0 Å². The van der Waals surface area contributed by atoms with Gasteiger partial charge >= 0.3 is 0 Å². The van der Waals surface area contributed by atoms with E-state index in [1.807, 2.05) is 0 Å². The van der Waals surface area contributed by atoms with Crippen LogP contribution >= 0.6 is 0 Å². The summed E-state index contributed by atoms with van der Waals surface area (Å²) in [4.78, 5) is 10.9. The van der Waals surface area contributed by atoms with E-state index in [-0.39, 0.29) is 5.78 Å². The van der Waals surface area contributed by atoms with Crippen molar-refractivity contribution in [3.63, 3.8) is 0 Å². The highest BCUT2D eigenvalue weighted by Gasteiger charge is 2.51. The molecule has 2 fully saturated rings. The monoisotopic (exact) mass is 206 g/mol. The molecule has 0 heterocycles. The van der Waals surface area contributed by atoms with Crippen LogP contribution in [0.25, 0.3) is 0 Å². The van der Waals surface area contributed by atoms with Gasteiger partial charge in [0.1, 0.15) is 0 Å². The molecule has 84 valence electrons. The smallest absolute Gasteiger partial charge is 0.152 e. The first-order valence-corrected chi connectivity index (χ1v) is 6.19. The third-order valence-corrected chi connectivity index (χ3v) is 4.79. The number of allylic oxidation sites excluding steroid dienone is 2. The molecule has 0 aromatic heterocycles. The topological polar surface area (TPSA) is 17.1 Å². The van der Waals surface area contributed by atoms with Crippen LogP contribution in [-0.2, 0) is 4.79 Å². The lowest BCUT2D eigenvalue weighted by atomic mass is 9.67. The molecule has 0 spiro atoms. The van der Waals surface area contributed by atoms with Crippen LogP contribution in [0.3, 0.4) is 0 Å². The highest BCUT2D eigenvalue weighted by atomic mass is 16.1. The van der Waals surface area contributed by atoms with Crippen LogP contribution in [0.2, 0.25) is 0 Å². The van der Waals surface area contributed by atoms with E-state index in [1.165, 1.54) is 19.3 Å². The van der Waals surface area contributed by atoms with Gasteiger partial charge in [0.15, 0.2) is 5.78 Å². The second-order valence-corrected chi connectivity index (χ2v) is 5.95. The van der Waals surface area contributed by atoms with Crippen molar-refractivity contribution in [2.75, 3.05) is 0 Å². The van der Waals surface area contributed by atoms with Crippen LogP contribution in [0.15, 0.2) is 12.2 Å². The first-order chi connectivity index (χ1) is 7.01. The van der Waals surface area contributed by atoms with Gasteiger partial charge in [0.2, 0.25) is 0 Å². The molecular weight excluding hydrogens is 184 g/mol. The molecule has 1 heteroatoms. The van der Waals surface area contributed by atoms with E-state index in [1.54, 1.807) is 13.0 Å². The molecule has 2 rings (SSSR count). The van der Waals surface area contributed by atoms with Crippen LogP contribution in [0.5, 0.6) is 0 Å². The molecule has 2 aliphatic rings. The molecule has 2 saturated carbocycles. The minimum Gasteiger partial charge on any atom is -0.295 e. The lowest BCUT2D eigenvalue weighted by Gasteiger charge is -2.37. The second kappa shape index (κ2) is 3.77. The van der Waals surface area contributed by atoms with Gasteiger partial charge < -0.3 is 0 Å². The number of rotatable bonds is 3. The molecule has 0 radical (unpaired) electrons. The minimum absolute atomic E-state index is 0.177. The van der Waals surface area contributed by atoms with Gasteiger partial charge in [0.05, 0.1) is 0 Å². The van der Waals surface area contributed by atoms with Crippen molar-refractivity contribution in [2.45, 2.75) is 46.5 Å². The summed E-state index contributed by atoms with van der Waals surface area (Å²) in [6.45, 7) is 6.47. The zero-order valence-electron chi connectivity index (χ0n) is 10.1. The van der Waals surface area contributed by atoms with E-state index >= 15 is 0 Å². The highest BCUT2D eigenvalue weighted by molar-refractivity contribution is 5.87. The van der Waals surface area contributed by atoms with E-state index in [0.29, 0.717) is 5.41 Å². The summed E-state index contributed by atoms with van der Waals surface area (Å²) in [6.07, 6.45) is 9.23. The average molecular weight is 206 g/mol. The fourth-order valence-corrected chi connectivity index (χ4v) is 3.84. The Morgan fingerprint density at radius 3 is 2.67 bits per heavy atom. The van der Waals surface area contributed by atoms with Crippen LogP contribution in [0.1, 0.15) is 46.5 Å². The van der Waals surface area contributed by atoms with Gasteiger partial charge in [-0.05, 0) is 61.9 Å². The molecule has 3 atom stereocenters. The summed E-state index contributed by atoms with van der Waals surface area (Å²) < 4.78 is 0. The van der Waals surface area contributed by atoms with Gasteiger partial charge in [-0.2, -0.15) is 0 Å². The van der Waals surface area contributed by atoms with Crippen molar-refractivity contribution in [2.24, 2.45) is 23.2 Å².